The molecule has 1 N–H and O–H groups in total. The van der Waals surface area contributed by atoms with Gasteiger partial charge in [0.1, 0.15) is 10.6 Å². The van der Waals surface area contributed by atoms with E-state index in [2.05, 4.69) is 15.5 Å². The number of nitrogens with zero attached hydrogens (tertiary/aromatic N) is 4. The monoisotopic (exact) mass is 427 g/mol. The third-order valence-corrected chi connectivity index (χ3v) is 5.41. The molecule has 3 aromatic rings. The lowest BCUT2D eigenvalue weighted by molar-refractivity contribution is -0.136. The van der Waals surface area contributed by atoms with Crippen molar-refractivity contribution in [2.45, 2.75) is 24.5 Å². The number of rotatable bonds is 6. The first-order chi connectivity index (χ1) is 13.7. The van der Waals surface area contributed by atoms with Crippen molar-refractivity contribution in [1.29, 1.82) is 0 Å². The minimum Gasteiger partial charge on any atom is -0.495 e. The number of methoxy groups -OCH3 is 1. The van der Waals surface area contributed by atoms with E-state index < -0.39 is 27.5 Å². The van der Waals surface area contributed by atoms with E-state index in [0.29, 0.717) is 17.9 Å². The van der Waals surface area contributed by atoms with Crippen LogP contribution in [0, 0.1) is 0 Å². The molecule has 12 heteroatoms. The molecule has 154 valence electrons. The smallest absolute Gasteiger partial charge is 0.418 e. The molecular weight excluding hydrogens is 411 g/mol. The molecule has 8 nitrogen and oxygen atoms in total. The number of aromatic nitrogens is 4. The van der Waals surface area contributed by atoms with E-state index in [9.17, 15) is 21.6 Å². The van der Waals surface area contributed by atoms with Crippen LogP contribution in [-0.4, -0.2) is 35.7 Å². The standard InChI is InChI=1S/C17H16F3N5O3S/c1-3-25-16(21-23-24-25)11-8-9-14(28-2)15(10-11)29(26,27)22-13-7-5-4-6-12(13)17(18,19)20/h4-10,22H,3H2,1-2H3. The summed E-state index contributed by atoms with van der Waals surface area (Å²) in [6, 6.07) is 8.49. The number of hydrogen-bond acceptors (Lipinski definition) is 6. The summed E-state index contributed by atoms with van der Waals surface area (Å²) in [4.78, 5) is -0.347. The second-order valence-electron chi connectivity index (χ2n) is 5.83. The van der Waals surface area contributed by atoms with Gasteiger partial charge in [-0.2, -0.15) is 13.2 Å². The van der Waals surface area contributed by atoms with E-state index >= 15 is 0 Å². The number of sulfonamides is 1. The van der Waals surface area contributed by atoms with Crippen LogP contribution in [0.15, 0.2) is 47.4 Å². The Kier molecular flexibility index (Phi) is 5.46. The van der Waals surface area contributed by atoms with Crippen LogP contribution in [0.5, 0.6) is 5.75 Å². The Balaban J connectivity index is 2.09. The zero-order valence-corrected chi connectivity index (χ0v) is 16.1. The number of anilines is 1. The SMILES string of the molecule is CCn1nnnc1-c1ccc(OC)c(S(=O)(=O)Nc2ccccc2C(F)(F)F)c1. The van der Waals surface area contributed by atoms with Crippen molar-refractivity contribution in [3.8, 4) is 17.1 Å². The number of halogens is 3. The second-order valence-corrected chi connectivity index (χ2v) is 7.48. The van der Waals surface area contributed by atoms with Crippen LogP contribution in [0.1, 0.15) is 12.5 Å². The van der Waals surface area contributed by atoms with Crippen LogP contribution in [-0.2, 0) is 22.7 Å². The second kappa shape index (κ2) is 7.70. The fourth-order valence-electron chi connectivity index (χ4n) is 2.67. The van der Waals surface area contributed by atoms with E-state index in [1.54, 1.807) is 13.0 Å². The highest BCUT2D eigenvalue weighted by Gasteiger charge is 2.34. The van der Waals surface area contributed by atoms with Crippen LogP contribution in [0.4, 0.5) is 18.9 Å². The van der Waals surface area contributed by atoms with Gasteiger partial charge in [-0.05, 0) is 47.7 Å². The van der Waals surface area contributed by atoms with Gasteiger partial charge in [-0.15, -0.1) is 5.10 Å². The molecule has 3 rings (SSSR count). The van der Waals surface area contributed by atoms with Gasteiger partial charge in [0, 0.05) is 12.1 Å². The van der Waals surface area contributed by atoms with Crippen molar-refractivity contribution in [2.24, 2.45) is 0 Å². The average molecular weight is 427 g/mol. The normalized spacial score (nSPS) is 12.0. The number of alkyl halides is 3. The first-order valence-electron chi connectivity index (χ1n) is 8.31. The van der Waals surface area contributed by atoms with Gasteiger partial charge in [0.05, 0.1) is 18.4 Å². The van der Waals surface area contributed by atoms with Crippen LogP contribution in [0.2, 0.25) is 0 Å². The summed E-state index contributed by atoms with van der Waals surface area (Å²) in [6.07, 6.45) is -4.73. The first-order valence-corrected chi connectivity index (χ1v) is 9.79. The molecule has 0 fully saturated rings. The van der Waals surface area contributed by atoms with Crippen molar-refractivity contribution in [3.05, 3.63) is 48.0 Å². The predicted octanol–water partition coefficient (Wildman–Crippen LogP) is 3.19. The summed E-state index contributed by atoms with van der Waals surface area (Å²) in [6.45, 7) is 2.24. The third-order valence-electron chi connectivity index (χ3n) is 4.02. The Morgan fingerprint density at radius 3 is 2.55 bits per heavy atom. The topological polar surface area (TPSA) is 99.0 Å². The maximum atomic E-state index is 13.2. The first kappa shape index (κ1) is 20.6. The fraction of sp³-hybridized carbons (Fsp3) is 0.235. The largest absolute Gasteiger partial charge is 0.495 e. The van der Waals surface area contributed by atoms with E-state index in [1.165, 1.54) is 36.1 Å². The predicted molar refractivity (Wildman–Crippen MR) is 97.7 cm³/mol. The molecule has 0 atom stereocenters. The van der Waals surface area contributed by atoms with Crippen LogP contribution in [0.25, 0.3) is 11.4 Å². The summed E-state index contributed by atoms with van der Waals surface area (Å²) in [7, 11) is -3.17. The fourth-order valence-corrected chi connectivity index (χ4v) is 3.95. The number of benzene rings is 2. The lowest BCUT2D eigenvalue weighted by atomic mass is 10.2. The molecule has 0 spiro atoms. The Morgan fingerprint density at radius 1 is 1.17 bits per heavy atom. The van der Waals surface area contributed by atoms with Gasteiger partial charge in [-0.1, -0.05) is 12.1 Å². The number of para-hydroxylation sites is 1. The Hall–Kier alpha value is -3.15. The quantitative estimate of drug-likeness (QED) is 0.649. The molecule has 0 bridgehead atoms. The van der Waals surface area contributed by atoms with Crippen molar-refractivity contribution < 1.29 is 26.3 Å². The number of nitrogens with one attached hydrogen (secondary N) is 1. The van der Waals surface area contributed by atoms with Gasteiger partial charge < -0.3 is 4.74 Å². The van der Waals surface area contributed by atoms with Crippen molar-refractivity contribution in [3.63, 3.8) is 0 Å². The van der Waals surface area contributed by atoms with Gasteiger partial charge in [-0.25, -0.2) is 13.1 Å². The molecule has 0 amide bonds. The average Bonchev–Trinajstić information content (AvgIpc) is 3.15. The molecule has 0 unspecified atom stereocenters. The van der Waals surface area contributed by atoms with Crippen LogP contribution >= 0.6 is 0 Å². The molecule has 0 aliphatic heterocycles. The summed E-state index contributed by atoms with van der Waals surface area (Å²) in [5, 5.41) is 11.2. The van der Waals surface area contributed by atoms with Crippen LogP contribution < -0.4 is 9.46 Å². The minimum atomic E-state index is -4.73. The molecule has 0 saturated carbocycles. The summed E-state index contributed by atoms with van der Waals surface area (Å²) in [5.74, 6) is 0.267. The maximum Gasteiger partial charge on any atom is 0.418 e. The summed E-state index contributed by atoms with van der Waals surface area (Å²) >= 11 is 0. The number of hydrogen-bond donors (Lipinski definition) is 1. The third kappa shape index (κ3) is 4.16. The molecular formula is C17H16F3N5O3S. The molecule has 0 radical (unpaired) electrons. The van der Waals surface area contributed by atoms with Crippen molar-refractivity contribution in [1.82, 2.24) is 20.2 Å². The lowest BCUT2D eigenvalue weighted by Crippen LogP contribution is -2.18. The molecule has 2 aromatic carbocycles. The number of tetrazole rings is 1. The minimum absolute atomic E-state index is 0.0405. The molecule has 0 aliphatic carbocycles. The van der Waals surface area contributed by atoms with Gasteiger partial charge in [0.25, 0.3) is 10.0 Å². The van der Waals surface area contributed by atoms with Crippen molar-refractivity contribution >= 4 is 15.7 Å². The molecule has 0 aliphatic rings. The highest BCUT2D eigenvalue weighted by Crippen LogP contribution is 2.36. The maximum absolute atomic E-state index is 13.2. The summed E-state index contributed by atoms with van der Waals surface area (Å²) in [5.41, 5.74) is -1.33. The molecule has 29 heavy (non-hydrogen) atoms. The van der Waals surface area contributed by atoms with Gasteiger partial charge in [0.2, 0.25) is 0 Å². The Morgan fingerprint density at radius 2 is 1.90 bits per heavy atom. The molecule has 1 aromatic heterocycles. The molecule has 1 heterocycles. The van der Waals surface area contributed by atoms with E-state index in [-0.39, 0.29) is 10.6 Å². The van der Waals surface area contributed by atoms with Crippen molar-refractivity contribution in [2.75, 3.05) is 11.8 Å². The Bertz CT molecular complexity index is 1130. The van der Waals surface area contributed by atoms with E-state index in [1.807, 2.05) is 4.72 Å². The van der Waals surface area contributed by atoms with Gasteiger partial charge in [-0.3, -0.25) is 4.72 Å². The Labute approximate surface area is 164 Å². The zero-order valence-electron chi connectivity index (χ0n) is 15.3. The van der Waals surface area contributed by atoms with E-state index in [0.717, 1.165) is 12.1 Å². The van der Waals surface area contributed by atoms with E-state index in [4.69, 9.17) is 4.74 Å². The number of ether oxygens (including phenoxy) is 1. The summed E-state index contributed by atoms with van der Waals surface area (Å²) < 4.78 is 74.0. The number of aryl methyl sites for hydroxylation is 1. The lowest BCUT2D eigenvalue weighted by Gasteiger charge is -2.16. The van der Waals surface area contributed by atoms with Gasteiger partial charge in [0.15, 0.2) is 5.82 Å². The van der Waals surface area contributed by atoms with Crippen LogP contribution in [0.3, 0.4) is 0 Å². The van der Waals surface area contributed by atoms with Gasteiger partial charge >= 0.3 is 6.18 Å². The highest BCUT2D eigenvalue weighted by molar-refractivity contribution is 7.92. The zero-order chi connectivity index (χ0) is 21.2. The highest BCUT2D eigenvalue weighted by atomic mass is 32.2. The molecule has 0 saturated heterocycles.